The quantitative estimate of drug-likeness (QED) is 0.868. The second-order valence-electron chi connectivity index (χ2n) is 5.84. The van der Waals surface area contributed by atoms with Crippen LogP contribution in [0.4, 0.5) is 4.39 Å². The average molecular weight is 318 g/mol. The second-order valence-corrected chi connectivity index (χ2v) is 5.84. The first-order chi connectivity index (χ1) is 11.1. The first kappa shape index (κ1) is 15.5. The van der Waals surface area contributed by atoms with Crippen molar-refractivity contribution in [3.63, 3.8) is 0 Å². The average Bonchev–Trinajstić information content (AvgIpc) is 3.03. The molecule has 1 fully saturated rings. The highest BCUT2D eigenvalue weighted by Gasteiger charge is 2.23. The van der Waals surface area contributed by atoms with Crippen molar-refractivity contribution in [1.29, 1.82) is 0 Å². The Hall–Kier alpha value is -2.37. The lowest BCUT2D eigenvalue weighted by molar-refractivity contribution is 0.0691. The Morgan fingerprint density at radius 3 is 2.74 bits per heavy atom. The largest absolute Gasteiger partial charge is 0.484 e. The number of halogens is 1. The highest BCUT2D eigenvalue weighted by Crippen LogP contribution is 2.18. The molecule has 0 N–H and O–H groups in total. The maximum atomic E-state index is 12.8. The van der Waals surface area contributed by atoms with Gasteiger partial charge in [0.1, 0.15) is 17.8 Å². The number of piperidine rings is 1. The number of nitrogens with zero attached hydrogens (tertiary/aromatic N) is 2. The molecular formula is C17H19FN2O3. The second kappa shape index (κ2) is 6.81. The highest BCUT2D eigenvalue weighted by molar-refractivity contribution is 5.92. The summed E-state index contributed by atoms with van der Waals surface area (Å²) in [5, 5.41) is 0. The summed E-state index contributed by atoms with van der Waals surface area (Å²) in [6, 6.07) is 5.69. The van der Waals surface area contributed by atoms with Gasteiger partial charge in [0.25, 0.3) is 5.91 Å². The lowest BCUT2D eigenvalue weighted by atomic mass is 9.99. The predicted molar refractivity (Wildman–Crippen MR) is 81.5 cm³/mol. The summed E-state index contributed by atoms with van der Waals surface area (Å²) in [5.41, 5.74) is 0.303. The van der Waals surface area contributed by atoms with Gasteiger partial charge in [-0.3, -0.25) is 4.79 Å². The number of rotatable bonds is 4. The zero-order valence-corrected chi connectivity index (χ0v) is 13.0. The molecule has 2 heterocycles. The van der Waals surface area contributed by atoms with Gasteiger partial charge in [0.05, 0.1) is 0 Å². The van der Waals surface area contributed by atoms with Crippen LogP contribution < -0.4 is 4.74 Å². The fourth-order valence-electron chi connectivity index (χ4n) is 2.52. The van der Waals surface area contributed by atoms with Gasteiger partial charge < -0.3 is 14.1 Å². The van der Waals surface area contributed by atoms with E-state index in [4.69, 9.17) is 9.15 Å². The van der Waals surface area contributed by atoms with E-state index in [0.29, 0.717) is 23.3 Å². The van der Waals surface area contributed by atoms with Crippen molar-refractivity contribution in [2.75, 3.05) is 13.1 Å². The fraction of sp³-hybridized carbons (Fsp3) is 0.412. The fourth-order valence-corrected chi connectivity index (χ4v) is 2.52. The van der Waals surface area contributed by atoms with Crippen LogP contribution in [0.25, 0.3) is 0 Å². The lowest BCUT2D eigenvalue weighted by Gasteiger charge is -2.29. The molecule has 1 amide bonds. The van der Waals surface area contributed by atoms with E-state index in [2.05, 4.69) is 11.9 Å². The van der Waals surface area contributed by atoms with E-state index in [1.165, 1.54) is 30.5 Å². The van der Waals surface area contributed by atoms with Crippen LogP contribution >= 0.6 is 0 Å². The molecule has 0 unspecified atom stereocenters. The van der Waals surface area contributed by atoms with Gasteiger partial charge in [0.2, 0.25) is 5.89 Å². The smallest absolute Gasteiger partial charge is 0.275 e. The lowest BCUT2D eigenvalue weighted by Crippen LogP contribution is -2.38. The molecule has 0 saturated carbocycles. The molecule has 1 aliphatic heterocycles. The van der Waals surface area contributed by atoms with E-state index >= 15 is 0 Å². The van der Waals surface area contributed by atoms with Crippen LogP contribution in [-0.4, -0.2) is 28.9 Å². The van der Waals surface area contributed by atoms with Crippen LogP contribution in [0.1, 0.15) is 36.1 Å². The van der Waals surface area contributed by atoms with Crippen LogP contribution in [0.3, 0.4) is 0 Å². The first-order valence-electron chi connectivity index (χ1n) is 7.74. The molecule has 0 spiro atoms. The summed E-state index contributed by atoms with van der Waals surface area (Å²) in [4.78, 5) is 18.3. The van der Waals surface area contributed by atoms with Gasteiger partial charge in [-0.1, -0.05) is 6.92 Å². The number of carbonyl (C=O) groups is 1. The van der Waals surface area contributed by atoms with Gasteiger partial charge in [-0.2, -0.15) is 0 Å². The molecule has 0 aliphatic carbocycles. The normalized spacial score (nSPS) is 15.7. The Kier molecular flexibility index (Phi) is 4.60. The van der Waals surface area contributed by atoms with E-state index in [1.54, 1.807) is 0 Å². The molecule has 0 radical (unpaired) electrons. The maximum Gasteiger partial charge on any atom is 0.275 e. The number of carbonyl (C=O) groups excluding carboxylic acids is 1. The first-order valence-corrected chi connectivity index (χ1v) is 7.74. The number of benzene rings is 1. The molecule has 2 aromatic rings. The van der Waals surface area contributed by atoms with Crippen LogP contribution in [0.5, 0.6) is 5.75 Å². The van der Waals surface area contributed by atoms with Crippen LogP contribution in [0.2, 0.25) is 0 Å². The molecule has 1 aromatic carbocycles. The van der Waals surface area contributed by atoms with Crippen LogP contribution in [0.15, 0.2) is 34.9 Å². The molecule has 1 saturated heterocycles. The number of oxazole rings is 1. The number of amides is 1. The zero-order chi connectivity index (χ0) is 16.2. The monoisotopic (exact) mass is 318 g/mol. The minimum atomic E-state index is -0.322. The van der Waals surface area contributed by atoms with Crippen molar-refractivity contribution >= 4 is 5.91 Å². The van der Waals surface area contributed by atoms with Gasteiger partial charge in [0, 0.05) is 13.1 Å². The Morgan fingerprint density at radius 2 is 2.04 bits per heavy atom. The van der Waals surface area contributed by atoms with Crippen LogP contribution in [-0.2, 0) is 6.61 Å². The molecule has 3 rings (SSSR count). The minimum Gasteiger partial charge on any atom is -0.484 e. The van der Waals surface area contributed by atoms with Gasteiger partial charge in [-0.15, -0.1) is 0 Å². The summed E-state index contributed by atoms with van der Waals surface area (Å²) in [6.45, 7) is 3.81. The maximum absolute atomic E-state index is 12.8. The topological polar surface area (TPSA) is 55.6 Å². The van der Waals surface area contributed by atoms with E-state index in [-0.39, 0.29) is 18.3 Å². The molecular weight excluding hydrogens is 299 g/mol. The van der Waals surface area contributed by atoms with E-state index in [9.17, 15) is 9.18 Å². The van der Waals surface area contributed by atoms with Crippen LogP contribution in [0, 0.1) is 11.7 Å². The third kappa shape index (κ3) is 3.88. The molecule has 5 nitrogen and oxygen atoms in total. The van der Waals surface area contributed by atoms with E-state index < -0.39 is 0 Å². The Balaban J connectivity index is 1.57. The number of likely N-dealkylation sites (tertiary alicyclic amines) is 1. The van der Waals surface area contributed by atoms with Gasteiger partial charge in [-0.25, -0.2) is 9.37 Å². The molecule has 6 heteroatoms. The molecule has 1 aliphatic rings. The molecule has 0 atom stereocenters. The highest BCUT2D eigenvalue weighted by atomic mass is 19.1. The summed E-state index contributed by atoms with van der Waals surface area (Å²) in [5.74, 6) is 1.08. The van der Waals surface area contributed by atoms with E-state index in [1.807, 2.05) is 4.90 Å². The summed E-state index contributed by atoms with van der Waals surface area (Å²) >= 11 is 0. The Labute approximate surface area is 134 Å². The number of hydrogen-bond donors (Lipinski definition) is 0. The zero-order valence-electron chi connectivity index (χ0n) is 13.0. The third-order valence-corrected chi connectivity index (χ3v) is 4.02. The SMILES string of the molecule is CC1CCN(C(=O)c2coc(COc3ccc(F)cc3)n2)CC1. The van der Waals surface area contributed by atoms with Crippen molar-refractivity contribution in [1.82, 2.24) is 9.88 Å². The predicted octanol–water partition coefficient (Wildman–Crippen LogP) is 3.26. The van der Waals surface area contributed by atoms with Crippen molar-refractivity contribution in [3.8, 4) is 5.75 Å². The molecule has 23 heavy (non-hydrogen) atoms. The number of hydrogen-bond acceptors (Lipinski definition) is 4. The van der Waals surface area contributed by atoms with Crippen molar-refractivity contribution < 1.29 is 18.3 Å². The summed E-state index contributed by atoms with van der Waals surface area (Å²) in [6.07, 6.45) is 3.40. The number of ether oxygens (including phenoxy) is 1. The van der Waals surface area contributed by atoms with Gasteiger partial charge in [0.15, 0.2) is 12.3 Å². The van der Waals surface area contributed by atoms with Gasteiger partial charge >= 0.3 is 0 Å². The Morgan fingerprint density at radius 1 is 1.35 bits per heavy atom. The molecule has 122 valence electrons. The summed E-state index contributed by atoms with van der Waals surface area (Å²) in [7, 11) is 0. The van der Waals surface area contributed by atoms with Crippen molar-refractivity contribution in [3.05, 3.63) is 47.9 Å². The van der Waals surface area contributed by atoms with Crippen molar-refractivity contribution in [2.24, 2.45) is 5.92 Å². The minimum absolute atomic E-state index is 0.0932. The summed E-state index contributed by atoms with van der Waals surface area (Å²) < 4.78 is 23.6. The Bertz CT molecular complexity index is 661. The van der Waals surface area contributed by atoms with Gasteiger partial charge in [-0.05, 0) is 43.0 Å². The molecule has 1 aromatic heterocycles. The van der Waals surface area contributed by atoms with Crippen molar-refractivity contribution in [2.45, 2.75) is 26.4 Å². The third-order valence-electron chi connectivity index (χ3n) is 4.02. The number of aromatic nitrogens is 1. The molecule has 0 bridgehead atoms. The standard InChI is InChI=1S/C17H19FN2O3/c1-12-6-8-20(9-7-12)17(21)15-10-23-16(19-15)11-22-14-4-2-13(18)3-5-14/h2-5,10,12H,6-9,11H2,1H3. The van der Waals surface area contributed by atoms with E-state index in [0.717, 1.165) is 25.9 Å².